The maximum atomic E-state index is 11.7. The van der Waals surface area contributed by atoms with Gasteiger partial charge in [0.05, 0.1) is 19.4 Å². The largest absolute Gasteiger partial charge is 0.465 e. The number of hydrogen-bond acceptors (Lipinski definition) is 7. The van der Waals surface area contributed by atoms with Crippen molar-refractivity contribution in [2.24, 2.45) is 0 Å². The molecular formula is C17H20N2O4S. The standard InChI is InChI=1S/C17H20N2O4S/c1-22-16(20)15-14(18)12-9-19(8-7-13(12)24-15)17(21)23-10-11-5-3-2-4-6-11/h2-6,17,21H,7-10,18H2,1H3. The second-order valence-electron chi connectivity index (χ2n) is 5.58. The van der Waals surface area contributed by atoms with Crippen LogP contribution in [0.1, 0.15) is 25.7 Å². The minimum Gasteiger partial charge on any atom is -0.465 e. The molecule has 1 aliphatic rings. The van der Waals surface area contributed by atoms with Crippen LogP contribution in [0.2, 0.25) is 0 Å². The fraction of sp³-hybridized carbons (Fsp3) is 0.353. The van der Waals surface area contributed by atoms with Crippen LogP contribution >= 0.6 is 11.3 Å². The van der Waals surface area contributed by atoms with Crippen molar-refractivity contribution in [3.63, 3.8) is 0 Å². The first-order valence-electron chi connectivity index (χ1n) is 7.66. The number of carbonyl (C=O) groups is 1. The fourth-order valence-electron chi connectivity index (χ4n) is 2.71. The van der Waals surface area contributed by atoms with Crippen LogP contribution in [0.5, 0.6) is 0 Å². The summed E-state index contributed by atoms with van der Waals surface area (Å²) in [5, 5.41) is 10.3. The van der Waals surface area contributed by atoms with Crippen LogP contribution < -0.4 is 5.73 Å². The molecule has 1 aliphatic heterocycles. The van der Waals surface area contributed by atoms with Crippen LogP contribution in [0.25, 0.3) is 0 Å². The Labute approximate surface area is 144 Å². The molecule has 128 valence electrons. The molecule has 0 saturated heterocycles. The number of hydrogen-bond donors (Lipinski definition) is 2. The van der Waals surface area contributed by atoms with Gasteiger partial charge in [0.25, 0.3) is 0 Å². The van der Waals surface area contributed by atoms with Gasteiger partial charge >= 0.3 is 5.97 Å². The summed E-state index contributed by atoms with van der Waals surface area (Å²) in [4.78, 5) is 15.1. The van der Waals surface area contributed by atoms with Crippen molar-refractivity contribution >= 4 is 23.0 Å². The van der Waals surface area contributed by atoms with E-state index in [1.54, 1.807) is 4.90 Å². The van der Waals surface area contributed by atoms with Gasteiger partial charge < -0.3 is 20.3 Å². The zero-order chi connectivity index (χ0) is 17.1. The number of benzene rings is 1. The van der Waals surface area contributed by atoms with E-state index in [1.807, 2.05) is 30.3 Å². The topological polar surface area (TPSA) is 85.0 Å². The Balaban J connectivity index is 1.66. The molecule has 0 amide bonds. The van der Waals surface area contributed by atoms with Crippen LogP contribution in [-0.4, -0.2) is 36.0 Å². The summed E-state index contributed by atoms with van der Waals surface area (Å²) in [7, 11) is 1.34. The second kappa shape index (κ2) is 7.31. The minimum atomic E-state index is -1.01. The summed E-state index contributed by atoms with van der Waals surface area (Å²) in [6.07, 6.45) is -0.299. The van der Waals surface area contributed by atoms with Gasteiger partial charge in [-0.15, -0.1) is 11.3 Å². The third-order valence-corrected chi connectivity index (χ3v) is 5.33. The van der Waals surface area contributed by atoms with Crippen molar-refractivity contribution < 1.29 is 19.4 Å². The van der Waals surface area contributed by atoms with Gasteiger partial charge in [-0.2, -0.15) is 0 Å². The molecule has 3 rings (SSSR count). The van der Waals surface area contributed by atoms with E-state index >= 15 is 0 Å². The number of methoxy groups -OCH3 is 1. The number of fused-ring (bicyclic) bond motifs is 1. The van der Waals surface area contributed by atoms with Crippen molar-refractivity contribution in [3.8, 4) is 0 Å². The number of thiophene rings is 1. The van der Waals surface area contributed by atoms with Gasteiger partial charge in [0.2, 0.25) is 6.41 Å². The molecule has 2 heterocycles. The van der Waals surface area contributed by atoms with E-state index in [1.165, 1.54) is 18.4 Å². The molecule has 1 aromatic carbocycles. The van der Waals surface area contributed by atoms with Gasteiger partial charge in [-0.25, -0.2) is 4.79 Å². The Hall–Kier alpha value is -1.93. The average molecular weight is 348 g/mol. The van der Waals surface area contributed by atoms with Gasteiger partial charge in [0, 0.05) is 23.5 Å². The lowest BCUT2D eigenvalue weighted by Gasteiger charge is -2.31. The molecule has 1 aromatic heterocycles. The van der Waals surface area contributed by atoms with E-state index in [9.17, 15) is 9.90 Å². The fourth-order valence-corrected chi connectivity index (χ4v) is 3.85. The number of aliphatic hydroxyl groups is 1. The lowest BCUT2D eigenvalue weighted by molar-refractivity contribution is -0.204. The smallest absolute Gasteiger partial charge is 0.350 e. The van der Waals surface area contributed by atoms with Gasteiger partial charge in [-0.3, -0.25) is 4.90 Å². The summed E-state index contributed by atoms with van der Waals surface area (Å²) in [6.45, 7) is 1.42. The Kier molecular flexibility index (Phi) is 5.15. The minimum absolute atomic E-state index is 0.331. The third kappa shape index (κ3) is 3.44. The van der Waals surface area contributed by atoms with Gasteiger partial charge in [0.1, 0.15) is 4.88 Å². The van der Waals surface area contributed by atoms with Crippen LogP contribution in [-0.2, 0) is 29.0 Å². The van der Waals surface area contributed by atoms with Crippen molar-refractivity contribution in [1.29, 1.82) is 0 Å². The highest BCUT2D eigenvalue weighted by molar-refractivity contribution is 7.14. The number of nitrogens with zero attached hydrogens (tertiary/aromatic N) is 1. The maximum absolute atomic E-state index is 11.7. The highest BCUT2D eigenvalue weighted by atomic mass is 32.1. The van der Waals surface area contributed by atoms with Crippen molar-refractivity contribution in [3.05, 3.63) is 51.2 Å². The molecule has 7 heteroatoms. The normalized spacial score (nSPS) is 15.8. The Morgan fingerprint density at radius 1 is 1.42 bits per heavy atom. The molecule has 0 aliphatic carbocycles. The van der Waals surface area contributed by atoms with Crippen molar-refractivity contribution in [1.82, 2.24) is 4.90 Å². The van der Waals surface area contributed by atoms with Crippen molar-refractivity contribution in [2.45, 2.75) is 26.0 Å². The summed E-state index contributed by atoms with van der Waals surface area (Å²) in [6, 6.07) is 9.68. The van der Waals surface area contributed by atoms with E-state index in [0.717, 1.165) is 16.0 Å². The lowest BCUT2D eigenvalue weighted by Crippen LogP contribution is -2.40. The van der Waals surface area contributed by atoms with E-state index in [4.69, 9.17) is 15.2 Å². The highest BCUT2D eigenvalue weighted by Gasteiger charge is 2.29. The van der Waals surface area contributed by atoms with Gasteiger partial charge in [-0.05, 0) is 12.0 Å². The molecule has 2 aromatic rings. The monoisotopic (exact) mass is 348 g/mol. The number of carbonyl (C=O) groups excluding carboxylic acids is 1. The Morgan fingerprint density at radius 3 is 2.88 bits per heavy atom. The summed E-state index contributed by atoms with van der Waals surface area (Å²) < 4.78 is 10.3. The SMILES string of the molecule is COC(=O)c1sc2c(c1N)CN(C(O)OCc1ccccc1)CC2. The quantitative estimate of drug-likeness (QED) is 0.635. The van der Waals surface area contributed by atoms with E-state index < -0.39 is 12.4 Å². The molecule has 24 heavy (non-hydrogen) atoms. The lowest BCUT2D eigenvalue weighted by atomic mass is 10.1. The van der Waals surface area contributed by atoms with Crippen LogP contribution in [0, 0.1) is 0 Å². The first-order valence-corrected chi connectivity index (χ1v) is 8.47. The first-order chi connectivity index (χ1) is 11.6. The molecule has 0 spiro atoms. The molecule has 0 saturated carbocycles. The Bertz CT molecular complexity index is 717. The van der Waals surface area contributed by atoms with Gasteiger partial charge in [-0.1, -0.05) is 30.3 Å². The number of rotatable bonds is 5. The summed E-state index contributed by atoms with van der Waals surface area (Å²) in [5.74, 6) is -0.417. The molecule has 1 unspecified atom stereocenters. The Morgan fingerprint density at radius 2 is 2.17 bits per heavy atom. The zero-order valence-electron chi connectivity index (χ0n) is 13.4. The van der Waals surface area contributed by atoms with Gasteiger partial charge in [0.15, 0.2) is 0 Å². The summed E-state index contributed by atoms with van der Waals surface area (Å²) in [5.41, 5.74) is 8.42. The maximum Gasteiger partial charge on any atom is 0.350 e. The summed E-state index contributed by atoms with van der Waals surface area (Å²) >= 11 is 1.37. The molecule has 0 fully saturated rings. The molecule has 3 N–H and O–H groups in total. The van der Waals surface area contributed by atoms with E-state index in [2.05, 4.69) is 0 Å². The second-order valence-corrected chi connectivity index (χ2v) is 6.69. The molecule has 0 bridgehead atoms. The predicted octanol–water partition coefficient (Wildman–Crippen LogP) is 1.97. The molecule has 6 nitrogen and oxygen atoms in total. The molecule has 1 atom stereocenters. The number of esters is 1. The number of nitrogen functional groups attached to an aromatic ring is 1. The number of nitrogens with two attached hydrogens (primary N) is 1. The molecule has 0 radical (unpaired) electrons. The van der Waals surface area contributed by atoms with E-state index in [-0.39, 0.29) is 0 Å². The van der Waals surface area contributed by atoms with Crippen molar-refractivity contribution in [2.75, 3.05) is 19.4 Å². The predicted molar refractivity (Wildman–Crippen MR) is 91.4 cm³/mol. The highest BCUT2D eigenvalue weighted by Crippen LogP contribution is 2.36. The number of ether oxygens (including phenoxy) is 2. The average Bonchev–Trinajstić information content (AvgIpc) is 2.96. The van der Waals surface area contributed by atoms with E-state index in [0.29, 0.717) is 36.7 Å². The van der Waals surface area contributed by atoms with Crippen LogP contribution in [0.3, 0.4) is 0 Å². The first kappa shape index (κ1) is 16.9. The molecular weight excluding hydrogens is 328 g/mol. The third-order valence-electron chi connectivity index (χ3n) is 4.04. The zero-order valence-corrected chi connectivity index (χ0v) is 14.2. The number of aliphatic hydroxyl groups excluding tert-OH is 1. The van der Waals surface area contributed by atoms with Crippen LogP contribution in [0.15, 0.2) is 30.3 Å². The van der Waals surface area contributed by atoms with Crippen LogP contribution in [0.4, 0.5) is 5.69 Å². The number of anilines is 1.